The number of piperazine rings is 1. The molecule has 2 aromatic carbocycles. The molecule has 55 heavy (non-hydrogen) atoms. The molecule has 3 aromatic heterocycles. The SMILES string of the molecule is Cc1c(-c2c(C3CCC3)ncc3snc(O[C@H](Cc4ccccc4OCc4ccnc(C5CCC5)n4)C(=O)O)c23)ccc(OCCN2CCN(C)CC2)c1Cl. The number of aliphatic carboxylic acids is 1. The fraction of sp³-hybridized carbons (Fsp3) is 0.452. The Balaban J connectivity index is 1.05. The van der Waals surface area contributed by atoms with Crippen LogP contribution in [0.1, 0.15) is 78.7 Å². The van der Waals surface area contributed by atoms with E-state index in [1.165, 1.54) is 18.0 Å². The Bertz CT molecular complexity index is 2150. The summed E-state index contributed by atoms with van der Waals surface area (Å²) in [7, 11) is 2.15. The number of pyridine rings is 1. The number of rotatable bonds is 15. The van der Waals surface area contributed by atoms with E-state index in [1.54, 1.807) is 6.20 Å². The van der Waals surface area contributed by atoms with Gasteiger partial charge in [-0.05, 0) is 86.1 Å². The van der Waals surface area contributed by atoms with Crippen molar-refractivity contribution in [2.75, 3.05) is 46.4 Å². The van der Waals surface area contributed by atoms with E-state index in [4.69, 9.17) is 35.8 Å². The second-order valence-corrected chi connectivity index (χ2v) is 16.2. The maximum absolute atomic E-state index is 12.9. The van der Waals surface area contributed by atoms with Gasteiger partial charge in [-0.2, -0.15) is 4.37 Å². The van der Waals surface area contributed by atoms with Crippen LogP contribution >= 0.6 is 23.1 Å². The molecule has 13 heteroatoms. The van der Waals surface area contributed by atoms with E-state index in [0.29, 0.717) is 34.6 Å². The molecule has 2 aliphatic carbocycles. The van der Waals surface area contributed by atoms with Crippen LogP contribution in [0.3, 0.4) is 0 Å². The maximum Gasteiger partial charge on any atom is 0.345 e. The molecule has 11 nitrogen and oxygen atoms in total. The molecule has 0 amide bonds. The molecular formula is C42H47ClN6O5S. The van der Waals surface area contributed by atoms with E-state index in [0.717, 1.165) is 109 Å². The molecule has 4 heterocycles. The van der Waals surface area contributed by atoms with Gasteiger partial charge in [0.2, 0.25) is 12.0 Å². The van der Waals surface area contributed by atoms with E-state index < -0.39 is 12.1 Å². The third-order valence-corrected chi connectivity index (χ3v) is 12.6. The quantitative estimate of drug-likeness (QED) is 0.111. The van der Waals surface area contributed by atoms with Crippen molar-refractivity contribution in [1.29, 1.82) is 0 Å². The number of carboxylic acids is 1. The van der Waals surface area contributed by atoms with Gasteiger partial charge in [0.05, 0.1) is 26.5 Å². The van der Waals surface area contributed by atoms with Crippen LogP contribution in [0, 0.1) is 6.92 Å². The van der Waals surface area contributed by atoms with E-state index in [9.17, 15) is 9.90 Å². The van der Waals surface area contributed by atoms with Crippen LogP contribution in [0.4, 0.5) is 0 Å². The number of nitrogens with zero attached hydrogens (tertiary/aromatic N) is 6. The van der Waals surface area contributed by atoms with Crippen molar-refractivity contribution in [3.8, 4) is 28.5 Å². The topological polar surface area (TPSA) is 123 Å². The van der Waals surface area contributed by atoms with E-state index >= 15 is 0 Å². The molecule has 3 aliphatic rings. The highest BCUT2D eigenvalue weighted by atomic mass is 35.5. The van der Waals surface area contributed by atoms with Crippen LogP contribution in [-0.4, -0.2) is 92.7 Å². The maximum atomic E-state index is 12.9. The van der Waals surface area contributed by atoms with Gasteiger partial charge in [-0.15, -0.1) is 0 Å². The Labute approximate surface area is 330 Å². The highest BCUT2D eigenvalue weighted by molar-refractivity contribution is 7.13. The van der Waals surface area contributed by atoms with Crippen LogP contribution in [0.2, 0.25) is 5.02 Å². The van der Waals surface area contributed by atoms with Crippen molar-refractivity contribution in [2.45, 2.75) is 76.4 Å². The van der Waals surface area contributed by atoms with Gasteiger partial charge in [-0.25, -0.2) is 14.8 Å². The zero-order valence-corrected chi connectivity index (χ0v) is 32.9. The number of fused-ring (bicyclic) bond motifs is 1. The van der Waals surface area contributed by atoms with Gasteiger partial charge < -0.3 is 24.2 Å². The van der Waals surface area contributed by atoms with Crippen LogP contribution in [0.15, 0.2) is 54.9 Å². The lowest BCUT2D eigenvalue weighted by atomic mass is 9.79. The number of likely N-dealkylation sites (N-methyl/N-ethyl adjacent to an activating group) is 1. The summed E-state index contributed by atoms with van der Waals surface area (Å²) in [4.78, 5) is 31.8. The minimum atomic E-state index is -1.23. The van der Waals surface area contributed by atoms with Crippen molar-refractivity contribution in [2.24, 2.45) is 0 Å². The number of aromatic nitrogens is 4. The van der Waals surface area contributed by atoms with Gasteiger partial charge in [0.25, 0.3) is 0 Å². The zero-order valence-electron chi connectivity index (χ0n) is 31.4. The lowest BCUT2D eigenvalue weighted by molar-refractivity contribution is -0.145. The van der Waals surface area contributed by atoms with E-state index in [-0.39, 0.29) is 24.8 Å². The predicted octanol–water partition coefficient (Wildman–Crippen LogP) is 7.93. The first kappa shape index (κ1) is 37.6. The second kappa shape index (κ2) is 16.8. The summed E-state index contributed by atoms with van der Waals surface area (Å²) in [5, 5.41) is 11.8. The first-order chi connectivity index (χ1) is 26.8. The molecule has 288 valence electrons. The van der Waals surface area contributed by atoms with Gasteiger partial charge in [-0.1, -0.05) is 48.7 Å². The highest BCUT2D eigenvalue weighted by Crippen LogP contribution is 2.48. The van der Waals surface area contributed by atoms with Crippen molar-refractivity contribution in [3.63, 3.8) is 0 Å². The summed E-state index contributed by atoms with van der Waals surface area (Å²) in [5.41, 5.74) is 5.14. The van der Waals surface area contributed by atoms with E-state index in [1.807, 2.05) is 55.6 Å². The first-order valence-corrected chi connectivity index (χ1v) is 20.5. The monoisotopic (exact) mass is 782 g/mol. The predicted molar refractivity (Wildman–Crippen MR) is 214 cm³/mol. The summed E-state index contributed by atoms with van der Waals surface area (Å²) < 4.78 is 24.4. The number of carbonyl (C=O) groups is 1. The minimum absolute atomic E-state index is 0.0720. The average Bonchev–Trinajstić information content (AvgIpc) is 3.55. The molecule has 8 rings (SSSR count). The average molecular weight is 783 g/mol. The molecule has 0 radical (unpaired) electrons. The molecule has 1 atom stereocenters. The number of carboxylic acid groups (broad SMARTS) is 1. The molecular weight excluding hydrogens is 736 g/mol. The highest BCUT2D eigenvalue weighted by Gasteiger charge is 2.31. The van der Waals surface area contributed by atoms with Gasteiger partial charge in [0.15, 0.2) is 0 Å². The van der Waals surface area contributed by atoms with Crippen LogP contribution in [0.5, 0.6) is 17.4 Å². The Hall–Kier alpha value is -4.36. The Morgan fingerprint density at radius 1 is 0.982 bits per heavy atom. The third kappa shape index (κ3) is 8.28. The van der Waals surface area contributed by atoms with Gasteiger partial charge in [0.1, 0.15) is 30.5 Å². The Morgan fingerprint density at radius 2 is 1.76 bits per heavy atom. The molecule has 1 aliphatic heterocycles. The summed E-state index contributed by atoms with van der Waals surface area (Å²) in [6.45, 7) is 7.80. The largest absolute Gasteiger partial charge is 0.491 e. The van der Waals surface area contributed by atoms with Crippen molar-refractivity contribution in [3.05, 3.63) is 88.2 Å². The first-order valence-electron chi connectivity index (χ1n) is 19.4. The normalized spacial score (nSPS) is 17.4. The number of hydrogen-bond acceptors (Lipinski definition) is 11. The fourth-order valence-electron chi connectivity index (χ4n) is 7.50. The number of halogens is 1. The lowest BCUT2D eigenvalue weighted by Gasteiger charge is -2.32. The molecule has 1 N–H and O–H groups in total. The number of hydrogen-bond donors (Lipinski definition) is 1. The third-order valence-electron chi connectivity index (χ3n) is 11.4. The minimum Gasteiger partial charge on any atom is -0.491 e. The molecule has 0 spiro atoms. The number of benzene rings is 2. The molecule has 0 bridgehead atoms. The van der Waals surface area contributed by atoms with Crippen LogP contribution in [-0.2, 0) is 17.8 Å². The van der Waals surface area contributed by atoms with Gasteiger partial charge in [-0.3, -0.25) is 9.88 Å². The second-order valence-electron chi connectivity index (χ2n) is 15.0. The summed E-state index contributed by atoms with van der Waals surface area (Å²) in [5.74, 6) is 1.97. The summed E-state index contributed by atoms with van der Waals surface area (Å²) >= 11 is 8.31. The van der Waals surface area contributed by atoms with Crippen LogP contribution in [0.25, 0.3) is 21.2 Å². The van der Waals surface area contributed by atoms with Crippen molar-refractivity contribution in [1.82, 2.24) is 29.1 Å². The molecule has 3 fully saturated rings. The fourth-order valence-corrected chi connectivity index (χ4v) is 8.42. The Morgan fingerprint density at radius 3 is 2.51 bits per heavy atom. The van der Waals surface area contributed by atoms with Crippen molar-refractivity contribution >= 4 is 39.2 Å². The van der Waals surface area contributed by atoms with Crippen molar-refractivity contribution < 1.29 is 24.1 Å². The number of para-hydroxylation sites is 1. The summed E-state index contributed by atoms with van der Waals surface area (Å²) in [6.07, 6.45) is 9.11. The van der Waals surface area contributed by atoms with E-state index in [2.05, 4.69) is 26.2 Å². The molecule has 1 saturated heterocycles. The number of ether oxygens (including phenoxy) is 3. The lowest BCUT2D eigenvalue weighted by Crippen LogP contribution is -2.45. The Kier molecular flexibility index (Phi) is 11.5. The van der Waals surface area contributed by atoms with Gasteiger partial charge in [0, 0.05) is 68.9 Å². The molecule has 2 saturated carbocycles. The van der Waals surface area contributed by atoms with Gasteiger partial charge >= 0.3 is 5.97 Å². The standard InChI is InChI=1S/C42H47ClN6O5S/c1-26-31(13-14-33(38(26)43)52-22-21-49-19-17-48(2)18-20-49)36-37-35(24-45-39(36)27-8-5-9-27)55-47-41(37)54-34(42(50)51)23-29-7-3-4-12-32(29)53-25-30-15-16-44-40(46-30)28-10-6-11-28/h3-4,7,12-16,24,27-28,34H,5-6,8-11,17-23,25H2,1-2H3,(H,50,51)/t34-/m1/s1. The summed E-state index contributed by atoms with van der Waals surface area (Å²) in [6, 6.07) is 13.3. The smallest absolute Gasteiger partial charge is 0.345 e. The molecule has 5 aromatic rings. The molecule has 0 unspecified atom stereocenters. The van der Waals surface area contributed by atoms with Crippen LogP contribution < -0.4 is 14.2 Å². The zero-order chi connectivity index (χ0) is 37.9.